The van der Waals surface area contributed by atoms with Crippen LogP contribution in [0.1, 0.15) is 5.56 Å². The van der Waals surface area contributed by atoms with Gasteiger partial charge in [0.2, 0.25) is 0 Å². The molecule has 0 fully saturated rings. The average Bonchev–Trinajstić information content (AvgIpc) is 2.85. The molecule has 5 nitrogen and oxygen atoms in total. The third-order valence-electron chi connectivity index (χ3n) is 4.83. The number of ether oxygens (including phenoxy) is 2. The molecule has 2 N–H and O–H groups in total. The molecule has 0 radical (unpaired) electrons. The minimum Gasteiger partial charge on any atom is -0.482 e. The summed E-state index contributed by atoms with van der Waals surface area (Å²) in [4.78, 5) is 12.1. The van der Waals surface area contributed by atoms with E-state index in [0.717, 1.165) is 22.7 Å². The molecule has 4 rings (SSSR count). The Balaban J connectivity index is 1.26. The maximum atomic E-state index is 12.1. The van der Waals surface area contributed by atoms with Crippen LogP contribution < -0.4 is 20.1 Å². The van der Waals surface area contributed by atoms with Crippen LogP contribution in [-0.2, 0) is 11.3 Å². The molecule has 0 aromatic heterocycles. The van der Waals surface area contributed by atoms with Crippen molar-refractivity contribution in [3.8, 4) is 17.2 Å². The van der Waals surface area contributed by atoms with Gasteiger partial charge >= 0.3 is 0 Å². The summed E-state index contributed by atoms with van der Waals surface area (Å²) < 4.78 is 11.4. The maximum Gasteiger partial charge on any atom is 0.262 e. The van der Waals surface area contributed by atoms with E-state index in [0.29, 0.717) is 28.0 Å². The van der Waals surface area contributed by atoms with Crippen LogP contribution >= 0.6 is 23.2 Å². The molecule has 0 unspecified atom stereocenters. The monoisotopic (exact) mass is 492 g/mol. The second-order valence-electron chi connectivity index (χ2n) is 7.37. The van der Waals surface area contributed by atoms with Crippen molar-refractivity contribution in [2.24, 2.45) is 0 Å². The van der Waals surface area contributed by atoms with E-state index in [9.17, 15) is 4.79 Å². The summed E-state index contributed by atoms with van der Waals surface area (Å²) in [5.41, 5.74) is 2.46. The predicted molar refractivity (Wildman–Crippen MR) is 137 cm³/mol. The minimum atomic E-state index is -0.324. The summed E-state index contributed by atoms with van der Waals surface area (Å²) in [6, 6.07) is 29.8. The second kappa shape index (κ2) is 11.5. The van der Waals surface area contributed by atoms with Crippen molar-refractivity contribution in [2.75, 3.05) is 17.2 Å². The van der Waals surface area contributed by atoms with Crippen LogP contribution in [0.4, 0.5) is 11.4 Å². The fraction of sp³-hybridized carbons (Fsp3) is 0.0741. The topological polar surface area (TPSA) is 59.6 Å². The largest absolute Gasteiger partial charge is 0.482 e. The molecule has 0 aliphatic heterocycles. The predicted octanol–water partition coefficient (Wildman–Crippen LogP) is 7.42. The molecule has 0 saturated heterocycles. The van der Waals surface area contributed by atoms with Gasteiger partial charge in [0.25, 0.3) is 5.91 Å². The van der Waals surface area contributed by atoms with Gasteiger partial charge in [0, 0.05) is 12.2 Å². The highest BCUT2D eigenvalue weighted by molar-refractivity contribution is 6.33. The summed E-state index contributed by atoms with van der Waals surface area (Å²) in [6.45, 7) is 0.395. The van der Waals surface area contributed by atoms with Crippen LogP contribution in [-0.4, -0.2) is 12.5 Å². The summed E-state index contributed by atoms with van der Waals surface area (Å²) in [6.07, 6.45) is 0. The highest BCUT2D eigenvalue weighted by Crippen LogP contribution is 2.27. The van der Waals surface area contributed by atoms with E-state index < -0.39 is 0 Å². The van der Waals surface area contributed by atoms with Crippen molar-refractivity contribution in [3.05, 3.63) is 113 Å². The molecule has 34 heavy (non-hydrogen) atoms. The maximum absolute atomic E-state index is 12.1. The number of halogens is 2. The summed E-state index contributed by atoms with van der Waals surface area (Å²) in [5.74, 6) is 1.66. The van der Waals surface area contributed by atoms with Crippen LogP contribution in [0.15, 0.2) is 97.1 Å². The number of carbonyl (C=O) groups is 1. The van der Waals surface area contributed by atoms with Gasteiger partial charge in [0.15, 0.2) is 6.61 Å². The lowest BCUT2D eigenvalue weighted by Gasteiger charge is -2.12. The van der Waals surface area contributed by atoms with Gasteiger partial charge in [-0.1, -0.05) is 59.6 Å². The number of anilines is 2. The van der Waals surface area contributed by atoms with Gasteiger partial charge < -0.3 is 20.1 Å². The molecule has 4 aromatic rings. The Kier molecular flexibility index (Phi) is 7.91. The van der Waals surface area contributed by atoms with Crippen molar-refractivity contribution in [1.82, 2.24) is 0 Å². The number of nitrogens with one attached hydrogen (secondary N) is 2. The molecule has 0 saturated carbocycles. The number of amides is 1. The number of para-hydroxylation sites is 2. The number of benzene rings is 4. The molecule has 0 aliphatic carbocycles. The highest BCUT2D eigenvalue weighted by Gasteiger charge is 2.09. The number of hydrogen-bond acceptors (Lipinski definition) is 4. The van der Waals surface area contributed by atoms with Gasteiger partial charge in [-0.3, -0.25) is 4.79 Å². The normalized spacial score (nSPS) is 10.4. The fourth-order valence-electron chi connectivity index (χ4n) is 3.13. The first-order valence-electron chi connectivity index (χ1n) is 10.6. The zero-order valence-corrected chi connectivity index (χ0v) is 19.6. The Bertz CT molecular complexity index is 1250. The lowest BCUT2D eigenvalue weighted by atomic mass is 10.2. The van der Waals surface area contributed by atoms with E-state index in [1.165, 1.54) is 0 Å². The zero-order valence-electron chi connectivity index (χ0n) is 18.1. The highest BCUT2D eigenvalue weighted by atomic mass is 35.5. The number of hydrogen-bond donors (Lipinski definition) is 2. The number of carbonyl (C=O) groups excluding carboxylic acids is 1. The molecule has 0 bridgehead atoms. The van der Waals surface area contributed by atoms with Crippen LogP contribution in [0.5, 0.6) is 17.2 Å². The van der Waals surface area contributed by atoms with Crippen LogP contribution in [0.3, 0.4) is 0 Å². The molecule has 0 spiro atoms. The Morgan fingerprint density at radius 2 is 1.47 bits per heavy atom. The molecular formula is C27H22Cl2N2O3. The smallest absolute Gasteiger partial charge is 0.262 e. The Morgan fingerprint density at radius 3 is 2.21 bits per heavy atom. The summed E-state index contributed by atoms with van der Waals surface area (Å²) in [7, 11) is 0. The van der Waals surface area contributed by atoms with E-state index in [2.05, 4.69) is 10.6 Å². The zero-order chi connectivity index (χ0) is 23.8. The Hall–Kier alpha value is -3.67. The lowest BCUT2D eigenvalue weighted by molar-refractivity contribution is -0.118. The van der Waals surface area contributed by atoms with Crippen molar-refractivity contribution >= 4 is 40.5 Å². The van der Waals surface area contributed by atoms with Crippen molar-refractivity contribution in [1.29, 1.82) is 0 Å². The Morgan fingerprint density at radius 1 is 0.765 bits per heavy atom. The molecule has 172 valence electrons. The van der Waals surface area contributed by atoms with Crippen molar-refractivity contribution < 1.29 is 14.3 Å². The lowest BCUT2D eigenvalue weighted by Crippen LogP contribution is -2.20. The van der Waals surface area contributed by atoms with Gasteiger partial charge in [-0.25, -0.2) is 0 Å². The molecule has 1 amide bonds. The average molecular weight is 493 g/mol. The molecule has 0 heterocycles. The van der Waals surface area contributed by atoms with Crippen LogP contribution in [0.2, 0.25) is 10.0 Å². The second-order valence-corrected chi connectivity index (χ2v) is 8.19. The summed E-state index contributed by atoms with van der Waals surface area (Å²) in [5, 5.41) is 6.95. The standard InChI is InChI=1S/C27H22Cl2N2O3/c28-23-8-4-5-9-25(23)31-27(32)18-33-26-15-10-19(16-24(26)29)17-30-20-11-13-22(14-12-20)34-21-6-2-1-3-7-21/h1-16,30H,17-18H2,(H,31,32). The molecule has 0 aliphatic rings. The quantitative estimate of drug-likeness (QED) is 0.255. The molecule has 7 heteroatoms. The van der Waals surface area contributed by atoms with Crippen molar-refractivity contribution in [2.45, 2.75) is 6.54 Å². The minimum absolute atomic E-state index is 0.181. The van der Waals surface area contributed by atoms with E-state index in [-0.39, 0.29) is 12.5 Å². The third-order valence-corrected chi connectivity index (χ3v) is 5.46. The first-order valence-corrected chi connectivity index (χ1v) is 11.3. The van der Waals surface area contributed by atoms with E-state index in [1.54, 1.807) is 30.3 Å². The number of rotatable bonds is 9. The van der Waals surface area contributed by atoms with Gasteiger partial charge in [-0.2, -0.15) is 0 Å². The van der Waals surface area contributed by atoms with Crippen LogP contribution in [0, 0.1) is 0 Å². The molecule has 0 atom stereocenters. The van der Waals surface area contributed by atoms with E-state index in [1.807, 2.05) is 66.7 Å². The van der Waals surface area contributed by atoms with Gasteiger partial charge in [0.1, 0.15) is 17.2 Å². The van der Waals surface area contributed by atoms with Gasteiger partial charge in [-0.05, 0) is 66.2 Å². The molecule has 4 aromatic carbocycles. The molecular weight excluding hydrogens is 471 g/mol. The van der Waals surface area contributed by atoms with E-state index in [4.69, 9.17) is 32.7 Å². The van der Waals surface area contributed by atoms with Gasteiger partial charge in [-0.15, -0.1) is 0 Å². The van der Waals surface area contributed by atoms with Crippen molar-refractivity contribution in [3.63, 3.8) is 0 Å². The first kappa shape index (κ1) is 23.5. The van der Waals surface area contributed by atoms with E-state index >= 15 is 0 Å². The first-order chi connectivity index (χ1) is 16.6. The fourth-order valence-corrected chi connectivity index (χ4v) is 3.57. The van der Waals surface area contributed by atoms with Gasteiger partial charge in [0.05, 0.1) is 15.7 Å². The SMILES string of the molecule is O=C(COc1ccc(CNc2ccc(Oc3ccccc3)cc2)cc1Cl)Nc1ccccc1Cl. The summed E-state index contributed by atoms with van der Waals surface area (Å²) >= 11 is 12.4. The van der Waals surface area contributed by atoms with Crippen LogP contribution in [0.25, 0.3) is 0 Å². The Labute approximate surface area is 208 Å². The third kappa shape index (κ3) is 6.67.